The van der Waals surface area contributed by atoms with Crippen molar-refractivity contribution in [3.05, 3.63) is 27.4 Å². The van der Waals surface area contributed by atoms with Crippen LogP contribution in [-0.2, 0) is 7.05 Å². The van der Waals surface area contributed by atoms with E-state index >= 15 is 0 Å². The highest BCUT2D eigenvalue weighted by molar-refractivity contribution is 7.92. The molecule has 0 spiro atoms. The molecule has 80 valence electrons. The van der Waals surface area contributed by atoms with E-state index in [0.717, 1.165) is 0 Å². The van der Waals surface area contributed by atoms with E-state index in [9.17, 15) is 8.68 Å². The predicted molar refractivity (Wildman–Crippen MR) is 58.8 cm³/mol. The molecule has 0 saturated heterocycles. The summed E-state index contributed by atoms with van der Waals surface area (Å²) in [6.07, 6.45) is 1.51. The number of hydrogen-bond donors (Lipinski definition) is 0. The minimum absolute atomic E-state index is 0.0102. The van der Waals surface area contributed by atoms with Gasteiger partial charge >= 0.3 is 0 Å². The molecule has 4 nitrogen and oxygen atoms in total. The van der Waals surface area contributed by atoms with Gasteiger partial charge in [-0.3, -0.25) is 9.36 Å². The second-order valence-corrected chi connectivity index (χ2v) is 4.02. The quantitative estimate of drug-likeness (QED) is 0.725. The summed E-state index contributed by atoms with van der Waals surface area (Å²) < 4.78 is 14.9. The monoisotopic (exact) mass is 247 g/mol. The van der Waals surface area contributed by atoms with Gasteiger partial charge in [-0.2, -0.15) is 4.98 Å². The van der Waals surface area contributed by atoms with Crippen LogP contribution < -0.4 is 5.56 Å². The summed E-state index contributed by atoms with van der Waals surface area (Å²) in [5, 5.41) is 0.438. The van der Waals surface area contributed by atoms with Crippen molar-refractivity contribution >= 4 is 35.0 Å². The Morgan fingerprint density at radius 1 is 1.60 bits per heavy atom. The molecule has 2 aromatic heterocycles. The lowest BCUT2D eigenvalue weighted by molar-refractivity contribution is 0.840. The van der Waals surface area contributed by atoms with Gasteiger partial charge in [-0.05, 0) is 24.1 Å². The van der Waals surface area contributed by atoms with Crippen LogP contribution in [0.5, 0.6) is 0 Å². The van der Waals surface area contributed by atoms with Crippen LogP contribution in [0.25, 0.3) is 11.0 Å². The molecular weight excluding hydrogens is 241 g/mol. The molecule has 7 heteroatoms. The van der Waals surface area contributed by atoms with Crippen LogP contribution in [0.1, 0.15) is 5.56 Å². The Balaban J connectivity index is 3.01. The number of rotatable bonds is 1. The van der Waals surface area contributed by atoms with Crippen molar-refractivity contribution in [2.45, 2.75) is 6.92 Å². The maximum absolute atomic E-state index is 12.5. The van der Waals surface area contributed by atoms with Gasteiger partial charge in [0.15, 0.2) is 18.0 Å². The summed E-state index contributed by atoms with van der Waals surface area (Å²) in [5.74, 6) is 0. The molecule has 0 N–H and O–H groups in total. The van der Waals surface area contributed by atoms with Gasteiger partial charge in [0.25, 0.3) is 5.56 Å². The fourth-order valence-electron chi connectivity index (χ4n) is 1.42. The molecule has 0 radical (unpaired) electrons. The lowest BCUT2D eigenvalue weighted by atomic mass is 10.3. The van der Waals surface area contributed by atoms with Gasteiger partial charge in [-0.1, -0.05) is 0 Å². The van der Waals surface area contributed by atoms with Crippen molar-refractivity contribution in [3.8, 4) is 0 Å². The van der Waals surface area contributed by atoms with E-state index in [1.54, 1.807) is 6.92 Å². The van der Waals surface area contributed by atoms with E-state index < -0.39 is 0 Å². The van der Waals surface area contributed by atoms with Crippen LogP contribution in [-0.4, -0.2) is 13.5 Å². The summed E-state index contributed by atoms with van der Waals surface area (Å²) in [6, 6.07) is 0. The third-order valence-electron chi connectivity index (χ3n) is 2.21. The first-order valence-electron chi connectivity index (χ1n) is 4.09. The van der Waals surface area contributed by atoms with Gasteiger partial charge in [-0.15, -0.1) is 3.89 Å². The molecule has 2 rings (SSSR count). The van der Waals surface area contributed by atoms with Crippen LogP contribution in [0.4, 0.5) is 3.89 Å². The third kappa shape index (κ3) is 1.44. The summed E-state index contributed by atoms with van der Waals surface area (Å²) in [7, 11) is 1.52. The van der Waals surface area contributed by atoms with Gasteiger partial charge < -0.3 is 0 Å². The Kier molecular flexibility index (Phi) is 2.47. The van der Waals surface area contributed by atoms with E-state index in [1.165, 1.54) is 21.8 Å². The summed E-state index contributed by atoms with van der Waals surface area (Å²) >= 11 is 5.73. The molecule has 0 aromatic carbocycles. The highest BCUT2D eigenvalue weighted by Gasteiger charge is 2.14. The number of fused-ring (bicyclic) bond motifs is 1. The van der Waals surface area contributed by atoms with Gasteiger partial charge in [0.1, 0.15) is 0 Å². The number of nitrogens with zero attached hydrogens (tertiary/aromatic N) is 3. The second-order valence-electron chi connectivity index (χ2n) is 3.15. The average Bonchev–Trinajstić information content (AvgIpc) is 2.51. The van der Waals surface area contributed by atoms with Crippen molar-refractivity contribution in [3.63, 3.8) is 0 Å². The molecule has 0 saturated carbocycles. The largest absolute Gasteiger partial charge is 0.286 e. The first kappa shape index (κ1) is 10.5. The summed E-state index contributed by atoms with van der Waals surface area (Å²) in [4.78, 5) is 15.8. The van der Waals surface area contributed by atoms with E-state index in [-0.39, 0.29) is 28.8 Å². The standard InChI is InChI=1S/C8H7ClFN3OS/c1-4-3-13(15-10)6-5(4)7(14)12(2)8(9)11-6/h3H,1-2H3. The lowest BCUT2D eigenvalue weighted by Gasteiger charge is -2.01. The molecule has 0 aliphatic heterocycles. The normalized spacial score (nSPS) is 11.2. The van der Waals surface area contributed by atoms with Crippen LogP contribution in [0.15, 0.2) is 11.0 Å². The van der Waals surface area contributed by atoms with E-state index in [0.29, 0.717) is 10.9 Å². The Bertz CT molecular complexity index is 592. The molecule has 0 amide bonds. The minimum Gasteiger partial charge on any atom is -0.286 e. The smallest absolute Gasteiger partial charge is 0.263 e. The summed E-state index contributed by atoms with van der Waals surface area (Å²) in [6.45, 7) is 1.73. The van der Waals surface area contributed by atoms with Crippen LogP contribution in [0.3, 0.4) is 0 Å². The zero-order valence-electron chi connectivity index (χ0n) is 7.99. The fourth-order valence-corrected chi connectivity index (χ4v) is 1.98. The van der Waals surface area contributed by atoms with Crippen LogP contribution in [0.2, 0.25) is 5.28 Å². The van der Waals surface area contributed by atoms with Gasteiger partial charge in [0.2, 0.25) is 5.28 Å². The number of halogens is 2. The minimum atomic E-state index is -0.268. The molecule has 15 heavy (non-hydrogen) atoms. The van der Waals surface area contributed by atoms with Gasteiger partial charge in [0.05, 0.1) is 5.39 Å². The van der Waals surface area contributed by atoms with Crippen molar-refractivity contribution in [2.24, 2.45) is 7.05 Å². The van der Waals surface area contributed by atoms with Crippen molar-refractivity contribution in [1.29, 1.82) is 0 Å². The number of hydrogen-bond acceptors (Lipinski definition) is 3. The lowest BCUT2D eigenvalue weighted by Crippen LogP contribution is -2.18. The molecular formula is C8H7ClFN3OS. The molecule has 0 fully saturated rings. The molecule has 0 unspecified atom stereocenters. The fraction of sp³-hybridized carbons (Fsp3) is 0.250. The van der Waals surface area contributed by atoms with Crippen LogP contribution in [0, 0.1) is 6.92 Å². The zero-order valence-corrected chi connectivity index (χ0v) is 9.56. The molecule has 0 atom stereocenters. The topological polar surface area (TPSA) is 39.8 Å². The van der Waals surface area contributed by atoms with Crippen molar-refractivity contribution < 1.29 is 3.89 Å². The van der Waals surface area contributed by atoms with E-state index in [1.807, 2.05) is 0 Å². The van der Waals surface area contributed by atoms with Gasteiger partial charge in [-0.25, -0.2) is 3.97 Å². The van der Waals surface area contributed by atoms with Crippen molar-refractivity contribution in [1.82, 2.24) is 13.5 Å². The maximum atomic E-state index is 12.5. The molecule has 0 aliphatic rings. The molecule has 2 heterocycles. The first-order chi connectivity index (χ1) is 7.06. The van der Waals surface area contributed by atoms with Crippen molar-refractivity contribution in [2.75, 3.05) is 0 Å². The number of aryl methyl sites for hydroxylation is 1. The Labute approximate surface area is 94.1 Å². The number of aromatic nitrogens is 3. The average molecular weight is 248 g/mol. The Morgan fingerprint density at radius 2 is 2.27 bits per heavy atom. The molecule has 2 aromatic rings. The molecule has 0 bridgehead atoms. The van der Waals surface area contributed by atoms with Gasteiger partial charge in [0, 0.05) is 13.2 Å². The Morgan fingerprint density at radius 3 is 2.87 bits per heavy atom. The second kappa shape index (κ2) is 3.53. The first-order valence-corrected chi connectivity index (χ1v) is 5.14. The highest BCUT2D eigenvalue weighted by atomic mass is 35.5. The Hall–Kier alpha value is -1.01. The summed E-state index contributed by atoms with van der Waals surface area (Å²) in [5.41, 5.74) is 0.670. The van der Waals surface area contributed by atoms with E-state index in [2.05, 4.69) is 4.98 Å². The SMILES string of the molecule is Cc1cn(SF)c2nc(Cl)n(C)c(=O)c12. The van der Waals surface area contributed by atoms with E-state index in [4.69, 9.17) is 11.6 Å². The zero-order chi connectivity index (χ0) is 11.2. The molecule has 0 aliphatic carbocycles. The predicted octanol–water partition coefficient (Wildman–Crippen LogP) is 2.08. The maximum Gasteiger partial charge on any atom is 0.263 e. The van der Waals surface area contributed by atoms with Crippen LogP contribution >= 0.6 is 23.9 Å². The third-order valence-corrected chi connectivity index (χ3v) is 2.97. The highest BCUT2D eigenvalue weighted by Crippen LogP contribution is 2.22.